The van der Waals surface area contributed by atoms with Crippen LogP contribution in [0, 0.1) is 0 Å². The van der Waals surface area contributed by atoms with E-state index in [1.54, 1.807) is 0 Å². The van der Waals surface area contributed by atoms with Gasteiger partial charge in [0, 0.05) is 0 Å². The molecule has 0 amide bonds. The molecule has 0 aliphatic rings. The summed E-state index contributed by atoms with van der Waals surface area (Å²) in [5.41, 5.74) is -0.538. The molecule has 0 heterocycles. The molecule has 0 aliphatic carbocycles. The second-order valence-electron chi connectivity index (χ2n) is 2.98. The third kappa shape index (κ3) is 2.52. The highest BCUT2D eigenvalue weighted by molar-refractivity contribution is 5.43. The van der Waals surface area contributed by atoms with Gasteiger partial charge in [-0.25, -0.2) is 0 Å². The Kier molecular flexibility index (Phi) is 3.39. The summed E-state index contributed by atoms with van der Waals surface area (Å²) in [4.78, 5) is 0. The molecule has 0 unspecified atom stereocenters. The first-order chi connectivity index (χ1) is 7.00. The highest BCUT2D eigenvalue weighted by Gasteiger charge is 2.36. The molecule has 82 valence electrons. The van der Waals surface area contributed by atoms with Crippen LogP contribution in [0.15, 0.2) is 30.9 Å². The van der Waals surface area contributed by atoms with E-state index in [2.05, 4.69) is 6.58 Å². The molecule has 0 bridgehead atoms. The number of benzene rings is 1. The van der Waals surface area contributed by atoms with Crippen molar-refractivity contribution in [2.75, 3.05) is 7.11 Å². The molecule has 0 spiro atoms. The summed E-state index contributed by atoms with van der Waals surface area (Å²) in [6.07, 6.45) is -2.79. The summed E-state index contributed by atoms with van der Waals surface area (Å²) < 4.78 is 42.8. The average molecular weight is 216 g/mol. The van der Waals surface area contributed by atoms with Crippen LogP contribution < -0.4 is 4.74 Å². The zero-order chi connectivity index (χ0) is 11.5. The van der Waals surface area contributed by atoms with Crippen molar-refractivity contribution in [2.24, 2.45) is 0 Å². The number of allylic oxidation sites excluding steroid dienone is 1. The van der Waals surface area contributed by atoms with Crippen molar-refractivity contribution in [1.29, 1.82) is 0 Å². The quantitative estimate of drug-likeness (QED) is 0.703. The molecular weight excluding hydrogens is 205 g/mol. The van der Waals surface area contributed by atoms with E-state index in [1.165, 1.54) is 31.4 Å². The molecule has 0 aromatic heterocycles. The fraction of sp³-hybridized carbons (Fsp3) is 0.273. The number of hydrogen-bond acceptors (Lipinski definition) is 1. The maximum Gasteiger partial charge on any atom is 0.420 e. The lowest BCUT2D eigenvalue weighted by Crippen LogP contribution is -2.11. The number of hydrogen-bond donors (Lipinski definition) is 0. The van der Waals surface area contributed by atoms with E-state index in [-0.39, 0.29) is 17.7 Å². The Morgan fingerprint density at radius 2 is 2.07 bits per heavy atom. The Bertz CT molecular complexity index is 355. The number of alkyl halides is 3. The summed E-state index contributed by atoms with van der Waals surface area (Å²) in [5.74, 6) is -0.151. The van der Waals surface area contributed by atoms with Crippen LogP contribution in [0.4, 0.5) is 13.2 Å². The van der Waals surface area contributed by atoms with Crippen molar-refractivity contribution in [3.05, 3.63) is 42.0 Å². The van der Waals surface area contributed by atoms with E-state index in [0.717, 1.165) is 0 Å². The molecule has 1 aromatic rings. The number of rotatable bonds is 3. The fourth-order valence-electron chi connectivity index (χ4n) is 1.39. The second-order valence-corrected chi connectivity index (χ2v) is 2.98. The Morgan fingerprint density at radius 1 is 1.40 bits per heavy atom. The maximum atomic E-state index is 12.7. The van der Waals surface area contributed by atoms with E-state index < -0.39 is 11.7 Å². The van der Waals surface area contributed by atoms with Gasteiger partial charge in [0.05, 0.1) is 7.11 Å². The number of methoxy groups -OCH3 is 1. The van der Waals surface area contributed by atoms with Crippen molar-refractivity contribution in [3.8, 4) is 5.75 Å². The van der Waals surface area contributed by atoms with Gasteiger partial charge >= 0.3 is 6.18 Å². The van der Waals surface area contributed by atoms with Crippen molar-refractivity contribution in [3.63, 3.8) is 0 Å². The van der Waals surface area contributed by atoms with Crippen LogP contribution in [0.25, 0.3) is 0 Å². The number of ether oxygens (including phenoxy) is 1. The first kappa shape index (κ1) is 11.6. The molecule has 4 heteroatoms. The highest BCUT2D eigenvalue weighted by atomic mass is 19.4. The topological polar surface area (TPSA) is 9.23 Å². The van der Waals surface area contributed by atoms with Crippen LogP contribution in [-0.4, -0.2) is 7.11 Å². The summed E-state index contributed by atoms with van der Waals surface area (Å²) in [7, 11) is 1.22. The van der Waals surface area contributed by atoms with Crippen molar-refractivity contribution < 1.29 is 17.9 Å². The van der Waals surface area contributed by atoms with Gasteiger partial charge in [0.1, 0.15) is 11.3 Å². The molecule has 0 aliphatic heterocycles. The van der Waals surface area contributed by atoms with Crippen LogP contribution >= 0.6 is 0 Å². The standard InChI is InChI=1S/C11H11F3O/c1-3-5-8-6-4-7-9(15-2)10(8)11(12,13)14/h3-4,6-7H,1,5H2,2H3. The predicted molar refractivity (Wildman–Crippen MR) is 51.9 cm³/mol. The fourth-order valence-corrected chi connectivity index (χ4v) is 1.39. The summed E-state index contributed by atoms with van der Waals surface area (Å²) in [6, 6.07) is 4.26. The van der Waals surface area contributed by atoms with Crippen LogP contribution in [0.1, 0.15) is 11.1 Å². The molecule has 0 fully saturated rings. The third-order valence-corrected chi connectivity index (χ3v) is 1.98. The normalized spacial score (nSPS) is 11.2. The van der Waals surface area contributed by atoms with Gasteiger partial charge in [0.15, 0.2) is 0 Å². The van der Waals surface area contributed by atoms with E-state index in [4.69, 9.17) is 4.74 Å². The second kappa shape index (κ2) is 4.38. The average Bonchev–Trinajstić information content (AvgIpc) is 2.16. The Labute approximate surface area is 86.2 Å². The van der Waals surface area contributed by atoms with Gasteiger partial charge in [0.2, 0.25) is 0 Å². The first-order valence-corrected chi connectivity index (χ1v) is 4.34. The Balaban J connectivity index is 3.33. The van der Waals surface area contributed by atoms with Gasteiger partial charge in [-0.3, -0.25) is 0 Å². The van der Waals surface area contributed by atoms with Gasteiger partial charge < -0.3 is 4.74 Å². The number of halogens is 3. The zero-order valence-corrected chi connectivity index (χ0v) is 8.27. The van der Waals surface area contributed by atoms with Gasteiger partial charge in [-0.15, -0.1) is 6.58 Å². The predicted octanol–water partition coefficient (Wildman–Crippen LogP) is 3.44. The van der Waals surface area contributed by atoms with Gasteiger partial charge in [0.25, 0.3) is 0 Å². The van der Waals surface area contributed by atoms with E-state index in [1.807, 2.05) is 0 Å². The van der Waals surface area contributed by atoms with E-state index in [9.17, 15) is 13.2 Å². The zero-order valence-electron chi connectivity index (χ0n) is 8.27. The molecule has 1 nitrogen and oxygen atoms in total. The monoisotopic (exact) mass is 216 g/mol. The van der Waals surface area contributed by atoms with Crippen LogP contribution in [-0.2, 0) is 12.6 Å². The van der Waals surface area contributed by atoms with Crippen molar-refractivity contribution >= 4 is 0 Å². The van der Waals surface area contributed by atoms with Gasteiger partial charge in [-0.2, -0.15) is 13.2 Å². The Morgan fingerprint density at radius 3 is 2.53 bits per heavy atom. The van der Waals surface area contributed by atoms with E-state index >= 15 is 0 Å². The van der Waals surface area contributed by atoms with Gasteiger partial charge in [-0.05, 0) is 18.1 Å². The molecule has 0 N–H and O–H groups in total. The molecular formula is C11H11F3O. The van der Waals surface area contributed by atoms with Crippen molar-refractivity contribution in [2.45, 2.75) is 12.6 Å². The molecule has 15 heavy (non-hydrogen) atoms. The molecule has 1 rings (SSSR count). The smallest absolute Gasteiger partial charge is 0.420 e. The molecule has 0 saturated heterocycles. The Hall–Kier alpha value is -1.45. The maximum absolute atomic E-state index is 12.7. The van der Waals surface area contributed by atoms with Crippen LogP contribution in [0.2, 0.25) is 0 Å². The summed E-state index contributed by atoms with van der Waals surface area (Å²) in [5, 5.41) is 0. The third-order valence-electron chi connectivity index (χ3n) is 1.98. The lowest BCUT2D eigenvalue weighted by molar-refractivity contribution is -0.139. The first-order valence-electron chi connectivity index (χ1n) is 4.34. The van der Waals surface area contributed by atoms with E-state index in [0.29, 0.717) is 0 Å². The SMILES string of the molecule is C=CCc1cccc(OC)c1C(F)(F)F. The highest BCUT2D eigenvalue weighted by Crippen LogP contribution is 2.38. The van der Waals surface area contributed by atoms with Crippen molar-refractivity contribution in [1.82, 2.24) is 0 Å². The minimum atomic E-state index is -4.40. The lowest BCUT2D eigenvalue weighted by atomic mass is 10.0. The minimum absolute atomic E-state index is 0.151. The molecule has 0 saturated carbocycles. The van der Waals surface area contributed by atoms with Crippen LogP contribution in [0.5, 0.6) is 5.75 Å². The van der Waals surface area contributed by atoms with Crippen LogP contribution in [0.3, 0.4) is 0 Å². The molecule has 1 aromatic carbocycles. The lowest BCUT2D eigenvalue weighted by Gasteiger charge is -2.15. The summed E-state index contributed by atoms with van der Waals surface area (Å²) >= 11 is 0. The van der Waals surface area contributed by atoms with Gasteiger partial charge in [-0.1, -0.05) is 18.2 Å². The minimum Gasteiger partial charge on any atom is -0.496 e. The molecule has 0 atom stereocenters. The summed E-state index contributed by atoms with van der Waals surface area (Å²) in [6.45, 7) is 3.43. The largest absolute Gasteiger partial charge is 0.496 e. The molecule has 0 radical (unpaired) electrons.